The predicted octanol–water partition coefficient (Wildman–Crippen LogP) is 3.68. The smallest absolute Gasteiger partial charge is 0.337 e. The maximum Gasteiger partial charge on any atom is 0.337 e. The van der Waals surface area contributed by atoms with E-state index < -0.39 is 5.97 Å². The number of halogens is 1. The van der Waals surface area contributed by atoms with E-state index in [0.29, 0.717) is 17.3 Å². The van der Waals surface area contributed by atoms with Gasteiger partial charge in [0.2, 0.25) is 0 Å². The van der Waals surface area contributed by atoms with Gasteiger partial charge in [0.15, 0.2) is 0 Å². The van der Waals surface area contributed by atoms with Gasteiger partial charge in [-0.05, 0) is 24.3 Å². The molecular formula is C16H16ClNO3. The van der Waals surface area contributed by atoms with Gasteiger partial charge in [0.05, 0.1) is 18.4 Å². The van der Waals surface area contributed by atoms with Crippen molar-refractivity contribution in [1.29, 1.82) is 0 Å². The Balaban J connectivity index is 2.32. The molecule has 0 atom stereocenters. The fourth-order valence-electron chi connectivity index (χ4n) is 2.19. The van der Waals surface area contributed by atoms with Crippen LogP contribution in [0.25, 0.3) is 0 Å². The van der Waals surface area contributed by atoms with Gasteiger partial charge in [-0.15, -0.1) is 0 Å². The number of carboxylic acid groups (broad SMARTS) is 1. The maximum absolute atomic E-state index is 11.3. The Labute approximate surface area is 128 Å². The van der Waals surface area contributed by atoms with Crippen molar-refractivity contribution in [3.63, 3.8) is 0 Å². The second kappa shape index (κ2) is 6.50. The number of benzene rings is 2. The highest BCUT2D eigenvalue weighted by molar-refractivity contribution is 6.31. The summed E-state index contributed by atoms with van der Waals surface area (Å²) in [5.41, 5.74) is 1.77. The van der Waals surface area contributed by atoms with Gasteiger partial charge in [0, 0.05) is 24.2 Å². The Bertz CT molecular complexity index is 658. The lowest BCUT2D eigenvalue weighted by molar-refractivity contribution is 0.0697. The molecule has 0 heterocycles. The summed E-state index contributed by atoms with van der Waals surface area (Å²) in [6, 6.07) is 12.5. The minimum Gasteiger partial charge on any atom is -0.496 e. The summed E-state index contributed by atoms with van der Waals surface area (Å²) in [4.78, 5) is 13.2. The Hall–Kier alpha value is -2.20. The van der Waals surface area contributed by atoms with Gasteiger partial charge < -0.3 is 14.7 Å². The topological polar surface area (TPSA) is 49.8 Å². The molecule has 0 fully saturated rings. The minimum atomic E-state index is -1.00. The number of carbonyl (C=O) groups is 1. The molecule has 2 rings (SSSR count). The molecule has 110 valence electrons. The summed E-state index contributed by atoms with van der Waals surface area (Å²) < 4.78 is 5.31. The quantitative estimate of drug-likeness (QED) is 0.915. The second-order valence-corrected chi connectivity index (χ2v) is 5.07. The van der Waals surface area contributed by atoms with Crippen molar-refractivity contribution in [2.24, 2.45) is 0 Å². The van der Waals surface area contributed by atoms with Crippen LogP contribution >= 0.6 is 11.6 Å². The first-order valence-electron chi connectivity index (χ1n) is 6.39. The summed E-state index contributed by atoms with van der Waals surface area (Å²) in [5.74, 6) is -0.227. The van der Waals surface area contributed by atoms with Crippen LogP contribution in [-0.4, -0.2) is 25.2 Å². The minimum absolute atomic E-state index is 0.180. The number of anilines is 1. The number of para-hydroxylation sites is 1. The first kappa shape index (κ1) is 15.2. The average Bonchev–Trinajstić information content (AvgIpc) is 2.47. The van der Waals surface area contributed by atoms with Crippen LogP contribution in [0.15, 0.2) is 42.5 Å². The molecule has 0 aliphatic heterocycles. The van der Waals surface area contributed by atoms with Crippen molar-refractivity contribution < 1.29 is 14.6 Å². The SMILES string of the molecule is COc1ccccc1CN(C)c1ccc(Cl)cc1C(=O)O. The molecule has 0 bridgehead atoms. The van der Waals surface area contributed by atoms with Crippen LogP contribution in [0.1, 0.15) is 15.9 Å². The predicted molar refractivity (Wildman–Crippen MR) is 83.5 cm³/mol. The van der Waals surface area contributed by atoms with Crippen molar-refractivity contribution in [3.8, 4) is 5.75 Å². The molecule has 21 heavy (non-hydrogen) atoms. The monoisotopic (exact) mass is 305 g/mol. The van der Waals surface area contributed by atoms with Gasteiger partial charge in [-0.1, -0.05) is 29.8 Å². The Morgan fingerprint density at radius 2 is 2.00 bits per heavy atom. The molecule has 0 radical (unpaired) electrons. The zero-order chi connectivity index (χ0) is 15.4. The molecule has 0 saturated heterocycles. The molecule has 0 aliphatic carbocycles. The molecule has 0 amide bonds. The van der Waals surface area contributed by atoms with E-state index in [0.717, 1.165) is 11.3 Å². The summed E-state index contributed by atoms with van der Waals surface area (Å²) in [7, 11) is 3.45. The normalized spacial score (nSPS) is 10.2. The van der Waals surface area contributed by atoms with Gasteiger partial charge >= 0.3 is 5.97 Å². The van der Waals surface area contributed by atoms with E-state index in [4.69, 9.17) is 16.3 Å². The molecule has 2 aromatic rings. The number of carboxylic acids is 1. The van der Waals surface area contributed by atoms with Crippen LogP contribution in [0, 0.1) is 0 Å². The standard InChI is InChI=1S/C16H16ClNO3/c1-18(10-11-5-3-4-6-15(11)21-2)14-8-7-12(17)9-13(14)16(19)20/h3-9H,10H2,1-2H3,(H,19,20). The zero-order valence-electron chi connectivity index (χ0n) is 11.8. The van der Waals surface area contributed by atoms with Crippen LogP contribution in [0.5, 0.6) is 5.75 Å². The number of hydrogen-bond donors (Lipinski definition) is 1. The van der Waals surface area contributed by atoms with Crippen LogP contribution < -0.4 is 9.64 Å². The van der Waals surface area contributed by atoms with E-state index in [9.17, 15) is 9.90 Å². The highest BCUT2D eigenvalue weighted by Crippen LogP contribution is 2.27. The first-order valence-corrected chi connectivity index (χ1v) is 6.76. The number of ether oxygens (including phenoxy) is 1. The Kier molecular flexibility index (Phi) is 4.70. The van der Waals surface area contributed by atoms with Crippen LogP contribution in [0.4, 0.5) is 5.69 Å². The average molecular weight is 306 g/mol. The fraction of sp³-hybridized carbons (Fsp3) is 0.188. The molecule has 5 heteroatoms. The summed E-state index contributed by atoms with van der Waals surface area (Å²) in [6.45, 7) is 0.534. The zero-order valence-corrected chi connectivity index (χ0v) is 12.6. The largest absolute Gasteiger partial charge is 0.496 e. The molecule has 0 aliphatic rings. The van der Waals surface area contributed by atoms with Gasteiger partial charge in [-0.25, -0.2) is 4.79 Å². The van der Waals surface area contributed by atoms with Crippen molar-refractivity contribution >= 4 is 23.3 Å². The van der Waals surface area contributed by atoms with E-state index in [-0.39, 0.29) is 5.56 Å². The molecular weight excluding hydrogens is 290 g/mol. The van der Waals surface area contributed by atoms with E-state index in [1.807, 2.05) is 36.2 Å². The molecule has 0 spiro atoms. The third-order valence-electron chi connectivity index (χ3n) is 3.20. The van der Waals surface area contributed by atoms with Gasteiger partial charge in [0.1, 0.15) is 5.75 Å². The number of rotatable bonds is 5. The van der Waals surface area contributed by atoms with E-state index in [2.05, 4.69) is 0 Å². The first-order chi connectivity index (χ1) is 10.0. The van der Waals surface area contributed by atoms with Gasteiger partial charge in [0.25, 0.3) is 0 Å². The summed E-state index contributed by atoms with van der Waals surface area (Å²) in [5, 5.41) is 9.70. The highest BCUT2D eigenvalue weighted by atomic mass is 35.5. The fourth-order valence-corrected chi connectivity index (χ4v) is 2.36. The molecule has 0 unspecified atom stereocenters. The van der Waals surface area contributed by atoms with Gasteiger partial charge in [-0.3, -0.25) is 0 Å². The lowest BCUT2D eigenvalue weighted by Gasteiger charge is -2.22. The van der Waals surface area contributed by atoms with Crippen LogP contribution in [0.3, 0.4) is 0 Å². The van der Waals surface area contributed by atoms with Crippen LogP contribution in [-0.2, 0) is 6.54 Å². The molecule has 4 nitrogen and oxygen atoms in total. The van der Waals surface area contributed by atoms with Crippen LogP contribution in [0.2, 0.25) is 5.02 Å². The summed E-state index contributed by atoms with van der Waals surface area (Å²) in [6.07, 6.45) is 0. The number of hydrogen-bond acceptors (Lipinski definition) is 3. The maximum atomic E-state index is 11.3. The van der Waals surface area contributed by atoms with Crippen molar-refractivity contribution in [1.82, 2.24) is 0 Å². The van der Waals surface area contributed by atoms with E-state index in [1.165, 1.54) is 6.07 Å². The molecule has 1 N–H and O–H groups in total. The summed E-state index contributed by atoms with van der Waals surface area (Å²) >= 11 is 5.87. The third-order valence-corrected chi connectivity index (χ3v) is 3.44. The molecule has 2 aromatic carbocycles. The highest BCUT2D eigenvalue weighted by Gasteiger charge is 2.15. The second-order valence-electron chi connectivity index (χ2n) is 4.63. The van der Waals surface area contributed by atoms with Crippen molar-refractivity contribution in [2.75, 3.05) is 19.1 Å². The van der Waals surface area contributed by atoms with E-state index in [1.54, 1.807) is 19.2 Å². The number of aromatic carboxylic acids is 1. The van der Waals surface area contributed by atoms with Crippen molar-refractivity contribution in [2.45, 2.75) is 6.54 Å². The third kappa shape index (κ3) is 3.47. The van der Waals surface area contributed by atoms with E-state index >= 15 is 0 Å². The Morgan fingerprint density at radius 1 is 1.29 bits per heavy atom. The Morgan fingerprint density at radius 3 is 2.67 bits per heavy atom. The lowest BCUT2D eigenvalue weighted by atomic mass is 10.1. The molecule has 0 aromatic heterocycles. The molecule has 0 saturated carbocycles. The number of nitrogens with zero attached hydrogens (tertiary/aromatic N) is 1. The van der Waals surface area contributed by atoms with Gasteiger partial charge in [-0.2, -0.15) is 0 Å². The van der Waals surface area contributed by atoms with Crippen molar-refractivity contribution in [3.05, 3.63) is 58.6 Å². The lowest BCUT2D eigenvalue weighted by Crippen LogP contribution is -2.19. The number of methoxy groups -OCH3 is 1.